The molecule has 0 spiro atoms. The molecule has 5 aromatic rings. The smallest absolute Gasteiger partial charge is 0.256 e. The van der Waals surface area contributed by atoms with Crippen LogP contribution in [0.1, 0.15) is 24.0 Å². The lowest BCUT2D eigenvalue weighted by Crippen LogP contribution is -2.59. The molecule has 1 aliphatic carbocycles. The summed E-state index contributed by atoms with van der Waals surface area (Å²) in [7, 11) is 0. The molecule has 2 nitrogen and oxygen atoms in total. The first-order chi connectivity index (χ1) is 18.4. The lowest BCUT2D eigenvalue weighted by atomic mass is 9.34. The molecule has 0 saturated carbocycles. The fraction of sp³-hybridized carbons (Fsp3) is 0.118. The van der Waals surface area contributed by atoms with Crippen LogP contribution >= 0.6 is 0 Å². The van der Waals surface area contributed by atoms with E-state index in [4.69, 9.17) is 4.74 Å². The van der Waals surface area contributed by atoms with Crippen molar-refractivity contribution in [3.05, 3.63) is 120 Å². The highest BCUT2D eigenvalue weighted by atomic mass is 16.5. The number of anilines is 3. The second-order valence-electron chi connectivity index (χ2n) is 10.3. The summed E-state index contributed by atoms with van der Waals surface area (Å²) >= 11 is 0. The van der Waals surface area contributed by atoms with Crippen molar-refractivity contribution in [2.45, 2.75) is 25.7 Å². The van der Waals surface area contributed by atoms with Crippen LogP contribution in [0.5, 0.6) is 11.5 Å². The van der Waals surface area contributed by atoms with Gasteiger partial charge in [-0.3, -0.25) is 0 Å². The van der Waals surface area contributed by atoms with Crippen LogP contribution in [0.2, 0.25) is 0 Å². The van der Waals surface area contributed by atoms with Crippen LogP contribution in [0.25, 0.3) is 11.1 Å². The fourth-order valence-electron chi connectivity index (χ4n) is 6.74. The zero-order chi connectivity index (χ0) is 24.3. The van der Waals surface area contributed by atoms with E-state index in [1.807, 2.05) is 0 Å². The number of fused-ring (bicyclic) bond motifs is 5. The molecular weight excluding hydrogens is 449 g/mol. The molecule has 0 atom stereocenters. The molecule has 8 rings (SSSR count). The van der Waals surface area contributed by atoms with Crippen LogP contribution in [0.15, 0.2) is 109 Å². The molecular formula is C34H26BNO. The molecule has 0 amide bonds. The van der Waals surface area contributed by atoms with Crippen molar-refractivity contribution in [2.24, 2.45) is 0 Å². The van der Waals surface area contributed by atoms with E-state index in [-0.39, 0.29) is 6.71 Å². The Morgan fingerprint density at radius 1 is 0.595 bits per heavy atom. The number of para-hydroxylation sites is 2. The van der Waals surface area contributed by atoms with E-state index in [2.05, 4.69) is 114 Å². The van der Waals surface area contributed by atoms with Crippen molar-refractivity contribution >= 4 is 40.2 Å². The maximum atomic E-state index is 6.52. The van der Waals surface area contributed by atoms with Crippen LogP contribution < -0.4 is 26.0 Å². The molecule has 0 fully saturated rings. The minimum absolute atomic E-state index is 0.156. The van der Waals surface area contributed by atoms with Crippen LogP contribution in [0.3, 0.4) is 0 Å². The minimum atomic E-state index is 0.156. The molecule has 0 radical (unpaired) electrons. The van der Waals surface area contributed by atoms with Crippen molar-refractivity contribution in [3.63, 3.8) is 0 Å². The van der Waals surface area contributed by atoms with Gasteiger partial charge in [0, 0.05) is 16.9 Å². The van der Waals surface area contributed by atoms with Gasteiger partial charge in [-0.25, -0.2) is 0 Å². The molecule has 176 valence electrons. The summed E-state index contributed by atoms with van der Waals surface area (Å²) in [6.07, 6.45) is 4.77. The molecule has 3 heteroatoms. The Hall–Kier alpha value is -4.24. The summed E-state index contributed by atoms with van der Waals surface area (Å²) in [5, 5.41) is 0. The zero-order valence-corrected chi connectivity index (χ0v) is 20.7. The summed E-state index contributed by atoms with van der Waals surface area (Å²) in [5.41, 5.74) is 13.2. The highest BCUT2D eigenvalue weighted by Gasteiger charge is 2.42. The molecule has 0 aromatic heterocycles. The van der Waals surface area contributed by atoms with Crippen LogP contribution in [-0.2, 0) is 12.8 Å². The number of ether oxygens (including phenoxy) is 1. The molecule has 5 aromatic carbocycles. The average Bonchev–Trinajstić information content (AvgIpc) is 2.97. The standard InChI is InChI=1S/C34H26BNO/c1-2-11-23(12-3-1)26-22-21-24-13-4-5-14-25(24)34(26)36-29-17-8-6-15-27(29)35-28-16-7-9-19-31(28)37-32-20-10-18-30(36)33(32)35/h1-3,6-12,15-22H,4-5,13-14H2. The molecule has 0 N–H and O–H groups in total. The second kappa shape index (κ2) is 8.14. The summed E-state index contributed by atoms with van der Waals surface area (Å²) in [6.45, 7) is 0.156. The third-order valence-electron chi connectivity index (χ3n) is 8.32. The number of aryl methyl sites for hydroxylation is 1. The minimum Gasteiger partial charge on any atom is -0.458 e. The van der Waals surface area contributed by atoms with Gasteiger partial charge in [0.15, 0.2) is 0 Å². The van der Waals surface area contributed by atoms with Gasteiger partial charge in [0.1, 0.15) is 11.5 Å². The first-order valence-corrected chi connectivity index (χ1v) is 13.4. The highest BCUT2D eigenvalue weighted by molar-refractivity contribution is 6.99. The van der Waals surface area contributed by atoms with Gasteiger partial charge in [0.25, 0.3) is 6.71 Å². The van der Waals surface area contributed by atoms with Crippen LogP contribution in [-0.4, -0.2) is 6.71 Å². The summed E-state index contributed by atoms with van der Waals surface area (Å²) in [6, 6.07) is 39.7. The first-order valence-electron chi connectivity index (χ1n) is 13.4. The molecule has 0 bridgehead atoms. The maximum absolute atomic E-state index is 6.52. The number of nitrogens with zero attached hydrogens (tertiary/aromatic N) is 1. The lowest BCUT2D eigenvalue weighted by molar-refractivity contribution is 0.487. The van der Waals surface area contributed by atoms with E-state index in [1.54, 1.807) is 0 Å². The van der Waals surface area contributed by atoms with E-state index in [1.165, 1.54) is 68.5 Å². The Bertz CT molecular complexity index is 1680. The van der Waals surface area contributed by atoms with Gasteiger partial charge in [0.05, 0.1) is 5.69 Å². The van der Waals surface area contributed by atoms with E-state index in [0.717, 1.165) is 24.3 Å². The van der Waals surface area contributed by atoms with Crippen molar-refractivity contribution in [2.75, 3.05) is 4.90 Å². The Kier molecular flexibility index (Phi) is 4.60. The number of hydrogen-bond donors (Lipinski definition) is 0. The fourth-order valence-corrected chi connectivity index (χ4v) is 6.74. The number of hydrogen-bond acceptors (Lipinski definition) is 2. The molecule has 2 aliphatic heterocycles. The predicted octanol–water partition coefficient (Wildman–Crippen LogP) is 6.64. The van der Waals surface area contributed by atoms with Crippen LogP contribution in [0.4, 0.5) is 17.1 Å². The molecule has 0 saturated heterocycles. The highest BCUT2D eigenvalue weighted by Crippen LogP contribution is 2.47. The van der Waals surface area contributed by atoms with Crippen molar-refractivity contribution < 1.29 is 4.74 Å². The lowest BCUT2D eigenvalue weighted by Gasteiger charge is -2.41. The molecule has 37 heavy (non-hydrogen) atoms. The molecule has 2 heterocycles. The summed E-state index contributed by atoms with van der Waals surface area (Å²) in [5.74, 6) is 1.93. The molecule has 3 aliphatic rings. The van der Waals surface area contributed by atoms with Crippen molar-refractivity contribution in [1.29, 1.82) is 0 Å². The SMILES string of the molecule is c1ccc(-c2ccc3c(c2N2c4ccccc4B4c5ccccc5Oc5cccc2c54)CCCC3)cc1. The van der Waals surface area contributed by atoms with Gasteiger partial charge in [-0.1, -0.05) is 84.9 Å². The predicted molar refractivity (Wildman–Crippen MR) is 154 cm³/mol. The zero-order valence-electron chi connectivity index (χ0n) is 20.7. The summed E-state index contributed by atoms with van der Waals surface area (Å²) in [4.78, 5) is 2.55. The Labute approximate surface area is 218 Å². The quantitative estimate of drug-likeness (QED) is 0.260. The number of benzene rings is 5. The Balaban J connectivity index is 1.46. The largest absolute Gasteiger partial charge is 0.458 e. The van der Waals surface area contributed by atoms with Gasteiger partial charge in [-0.15, -0.1) is 0 Å². The Morgan fingerprint density at radius 2 is 1.32 bits per heavy atom. The van der Waals surface area contributed by atoms with E-state index >= 15 is 0 Å². The second-order valence-corrected chi connectivity index (χ2v) is 10.3. The van der Waals surface area contributed by atoms with E-state index in [9.17, 15) is 0 Å². The normalized spacial score (nSPS) is 14.7. The third-order valence-corrected chi connectivity index (χ3v) is 8.32. The first kappa shape index (κ1) is 20.9. The van der Waals surface area contributed by atoms with Gasteiger partial charge < -0.3 is 9.64 Å². The monoisotopic (exact) mass is 475 g/mol. The average molecular weight is 475 g/mol. The van der Waals surface area contributed by atoms with Gasteiger partial charge in [0.2, 0.25) is 0 Å². The number of rotatable bonds is 2. The van der Waals surface area contributed by atoms with Gasteiger partial charge in [-0.2, -0.15) is 0 Å². The topological polar surface area (TPSA) is 12.5 Å². The van der Waals surface area contributed by atoms with Crippen molar-refractivity contribution in [1.82, 2.24) is 0 Å². The van der Waals surface area contributed by atoms with Gasteiger partial charge in [-0.05, 0) is 83.0 Å². The molecule has 0 unspecified atom stereocenters. The van der Waals surface area contributed by atoms with E-state index in [0.29, 0.717) is 0 Å². The third kappa shape index (κ3) is 3.07. The van der Waals surface area contributed by atoms with E-state index < -0.39 is 0 Å². The maximum Gasteiger partial charge on any atom is 0.256 e. The van der Waals surface area contributed by atoms with Crippen molar-refractivity contribution in [3.8, 4) is 22.6 Å². The Morgan fingerprint density at radius 3 is 2.24 bits per heavy atom. The van der Waals surface area contributed by atoms with Crippen LogP contribution in [0, 0.1) is 0 Å². The van der Waals surface area contributed by atoms with Gasteiger partial charge >= 0.3 is 0 Å². The summed E-state index contributed by atoms with van der Waals surface area (Å²) < 4.78 is 6.52.